The summed E-state index contributed by atoms with van der Waals surface area (Å²) in [6, 6.07) is 4.54. The van der Waals surface area contributed by atoms with E-state index in [1.54, 1.807) is 11.3 Å². The summed E-state index contributed by atoms with van der Waals surface area (Å²) in [7, 11) is 0. The molecule has 0 aliphatic heterocycles. The summed E-state index contributed by atoms with van der Waals surface area (Å²) < 4.78 is 0. The van der Waals surface area contributed by atoms with Crippen LogP contribution < -0.4 is 10.2 Å². The van der Waals surface area contributed by atoms with Crippen molar-refractivity contribution >= 4 is 33.3 Å². The summed E-state index contributed by atoms with van der Waals surface area (Å²) in [5.74, 6) is 1.57. The van der Waals surface area contributed by atoms with Gasteiger partial charge < -0.3 is 10.2 Å². The molecule has 20 heavy (non-hydrogen) atoms. The third-order valence-electron chi connectivity index (χ3n) is 3.00. The van der Waals surface area contributed by atoms with Gasteiger partial charge in [0.25, 0.3) is 0 Å². The molecule has 0 radical (unpaired) electrons. The van der Waals surface area contributed by atoms with Crippen LogP contribution in [-0.2, 0) is 0 Å². The molecular weight excluding hydrogens is 270 g/mol. The van der Waals surface area contributed by atoms with Crippen LogP contribution in [-0.4, -0.2) is 29.1 Å². The van der Waals surface area contributed by atoms with Crippen LogP contribution in [0.2, 0.25) is 0 Å². The van der Waals surface area contributed by atoms with E-state index >= 15 is 0 Å². The zero-order chi connectivity index (χ0) is 14.5. The van der Waals surface area contributed by atoms with Gasteiger partial charge in [0.2, 0.25) is 5.95 Å². The average molecular weight is 289 g/mol. The fourth-order valence-electron chi connectivity index (χ4n) is 2.07. The quantitative estimate of drug-likeness (QED) is 0.884. The standard InChI is InChI=1S/C14H19N5S/c1-4-16-14-17-12(11-6-9-20-13(11)18-14)19(10(2)3)8-5-7-15/h6,9-10H,4-5,8H2,1-3H3,(H,16,17,18). The average Bonchev–Trinajstić information content (AvgIpc) is 2.87. The maximum absolute atomic E-state index is 8.84. The number of anilines is 2. The Hall–Kier alpha value is -1.87. The first-order valence-corrected chi connectivity index (χ1v) is 7.68. The third-order valence-corrected chi connectivity index (χ3v) is 3.81. The molecular formula is C14H19N5S. The van der Waals surface area contributed by atoms with Crippen LogP contribution in [0.4, 0.5) is 11.8 Å². The lowest BCUT2D eigenvalue weighted by atomic mass is 10.2. The molecule has 1 N–H and O–H groups in total. The van der Waals surface area contributed by atoms with Gasteiger partial charge in [-0.05, 0) is 32.2 Å². The number of thiophene rings is 1. The minimum Gasteiger partial charge on any atom is -0.354 e. The van der Waals surface area contributed by atoms with Crippen molar-refractivity contribution in [3.63, 3.8) is 0 Å². The number of aromatic nitrogens is 2. The van der Waals surface area contributed by atoms with E-state index in [4.69, 9.17) is 5.26 Å². The van der Waals surface area contributed by atoms with Crippen LogP contribution >= 0.6 is 11.3 Å². The molecule has 0 atom stereocenters. The lowest BCUT2D eigenvalue weighted by molar-refractivity contribution is 0.679. The Bertz CT molecular complexity index is 614. The summed E-state index contributed by atoms with van der Waals surface area (Å²) in [5.41, 5.74) is 0. The second-order valence-corrected chi connectivity index (χ2v) is 5.63. The Morgan fingerprint density at radius 2 is 2.25 bits per heavy atom. The van der Waals surface area contributed by atoms with Gasteiger partial charge in [-0.25, -0.2) is 4.98 Å². The molecule has 0 amide bonds. The number of nitriles is 1. The van der Waals surface area contributed by atoms with Crippen LogP contribution in [0.3, 0.4) is 0 Å². The van der Waals surface area contributed by atoms with Crippen molar-refractivity contribution in [2.75, 3.05) is 23.3 Å². The molecule has 2 aromatic rings. The van der Waals surface area contributed by atoms with E-state index in [1.807, 2.05) is 18.4 Å². The smallest absolute Gasteiger partial charge is 0.226 e. The number of fused-ring (bicyclic) bond motifs is 1. The Morgan fingerprint density at radius 3 is 2.90 bits per heavy atom. The third kappa shape index (κ3) is 2.99. The van der Waals surface area contributed by atoms with Gasteiger partial charge in [-0.2, -0.15) is 10.2 Å². The Kier molecular flexibility index (Phi) is 4.74. The highest BCUT2D eigenvalue weighted by Crippen LogP contribution is 2.30. The molecule has 5 nitrogen and oxygen atoms in total. The Labute approximate surface area is 123 Å². The van der Waals surface area contributed by atoms with Crippen LogP contribution in [0.25, 0.3) is 10.2 Å². The summed E-state index contributed by atoms with van der Waals surface area (Å²) in [4.78, 5) is 12.3. The highest BCUT2D eigenvalue weighted by molar-refractivity contribution is 7.16. The summed E-state index contributed by atoms with van der Waals surface area (Å²) >= 11 is 1.61. The van der Waals surface area contributed by atoms with Crippen LogP contribution in [0.5, 0.6) is 0 Å². The number of nitrogens with one attached hydrogen (secondary N) is 1. The van der Waals surface area contributed by atoms with E-state index in [0.29, 0.717) is 18.9 Å². The first-order chi connectivity index (χ1) is 9.67. The number of hydrogen-bond acceptors (Lipinski definition) is 6. The van der Waals surface area contributed by atoms with Crippen LogP contribution in [0, 0.1) is 11.3 Å². The predicted octanol–water partition coefficient (Wildman–Crippen LogP) is 3.25. The van der Waals surface area contributed by atoms with E-state index in [9.17, 15) is 0 Å². The van der Waals surface area contributed by atoms with Crippen molar-refractivity contribution in [2.24, 2.45) is 0 Å². The number of nitrogens with zero attached hydrogens (tertiary/aromatic N) is 4. The van der Waals surface area contributed by atoms with Gasteiger partial charge in [0, 0.05) is 19.1 Å². The maximum atomic E-state index is 8.84. The highest BCUT2D eigenvalue weighted by atomic mass is 32.1. The summed E-state index contributed by atoms with van der Waals surface area (Å²) in [5, 5.41) is 15.1. The van der Waals surface area contributed by atoms with Gasteiger partial charge in [0.1, 0.15) is 10.6 Å². The molecule has 0 bridgehead atoms. The normalized spacial score (nSPS) is 10.8. The topological polar surface area (TPSA) is 64.8 Å². The van der Waals surface area contributed by atoms with E-state index in [-0.39, 0.29) is 6.04 Å². The fraction of sp³-hybridized carbons (Fsp3) is 0.500. The minimum atomic E-state index is 0.288. The largest absolute Gasteiger partial charge is 0.354 e. The van der Waals surface area contributed by atoms with Gasteiger partial charge in [-0.3, -0.25) is 0 Å². The van der Waals surface area contributed by atoms with Gasteiger partial charge in [0.15, 0.2) is 0 Å². The van der Waals surface area contributed by atoms with E-state index < -0.39 is 0 Å². The van der Waals surface area contributed by atoms with Crippen molar-refractivity contribution in [2.45, 2.75) is 33.2 Å². The van der Waals surface area contributed by atoms with Gasteiger partial charge in [0.05, 0.1) is 17.9 Å². The molecule has 106 valence electrons. The lowest BCUT2D eigenvalue weighted by Gasteiger charge is -2.27. The molecule has 2 heterocycles. The molecule has 2 rings (SSSR count). The Morgan fingerprint density at radius 1 is 1.45 bits per heavy atom. The van der Waals surface area contributed by atoms with Gasteiger partial charge in [-0.15, -0.1) is 11.3 Å². The molecule has 0 saturated carbocycles. The van der Waals surface area contributed by atoms with Crippen molar-refractivity contribution in [3.05, 3.63) is 11.4 Å². The second kappa shape index (κ2) is 6.53. The Balaban J connectivity index is 2.48. The molecule has 6 heteroatoms. The van der Waals surface area contributed by atoms with E-state index in [1.165, 1.54) is 0 Å². The minimum absolute atomic E-state index is 0.288. The van der Waals surface area contributed by atoms with Crippen molar-refractivity contribution < 1.29 is 0 Å². The number of hydrogen-bond donors (Lipinski definition) is 1. The molecule has 0 fully saturated rings. The van der Waals surface area contributed by atoms with Gasteiger partial charge >= 0.3 is 0 Å². The van der Waals surface area contributed by atoms with Crippen LogP contribution in [0.1, 0.15) is 27.2 Å². The monoisotopic (exact) mass is 289 g/mol. The lowest BCUT2D eigenvalue weighted by Crippen LogP contribution is -2.32. The molecule has 0 saturated heterocycles. The second-order valence-electron chi connectivity index (χ2n) is 4.74. The summed E-state index contributed by atoms with van der Waals surface area (Å²) in [6.07, 6.45) is 0.490. The number of rotatable bonds is 6. The SMILES string of the molecule is CCNc1nc(N(CCC#N)C(C)C)c2ccsc2n1. The molecule has 0 aliphatic carbocycles. The van der Waals surface area contributed by atoms with Crippen molar-refractivity contribution in [1.29, 1.82) is 5.26 Å². The molecule has 0 unspecified atom stereocenters. The maximum Gasteiger partial charge on any atom is 0.226 e. The molecule has 0 aliphatic rings. The van der Waals surface area contributed by atoms with Crippen LogP contribution in [0.15, 0.2) is 11.4 Å². The van der Waals surface area contributed by atoms with Crippen molar-refractivity contribution in [3.8, 4) is 6.07 Å². The van der Waals surface area contributed by atoms with Crippen molar-refractivity contribution in [1.82, 2.24) is 9.97 Å². The highest BCUT2D eigenvalue weighted by Gasteiger charge is 2.17. The van der Waals surface area contributed by atoms with E-state index in [2.05, 4.69) is 40.1 Å². The molecule has 0 aromatic carbocycles. The summed E-state index contributed by atoms with van der Waals surface area (Å²) in [6.45, 7) is 7.73. The molecule has 2 aromatic heterocycles. The molecule has 0 spiro atoms. The zero-order valence-electron chi connectivity index (χ0n) is 12.1. The van der Waals surface area contributed by atoms with Gasteiger partial charge in [-0.1, -0.05) is 0 Å². The predicted molar refractivity (Wildman–Crippen MR) is 84.3 cm³/mol. The zero-order valence-corrected chi connectivity index (χ0v) is 12.9. The fourth-order valence-corrected chi connectivity index (χ4v) is 2.83. The first-order valence-electron chi connectivity index (χ1n) is 6.80. The first kappa shape index (κ1) is 14.5. The van der Waals surface area contributed by atoms with E-state index in [0.717, 1.165) is 22.6 Å².